The molecule has 0 saturated heterocycles. The Kier molecular flexibility index (Phi) is 4.54. The minimum Gasteiger partial charge on any atom is -0.352 e. The summed E-state index contributed by atoms with van der Waals surface area (Å²) < 4.78 is 2.92. The number of aromatic nitrogens is 3. The van der Waals surface area contributed by atoms with Crippen LogP contribution in [0.3, 0.4) is 0 Å². The number of benzene rings is 1. The van der Waals surface area contributed by atoms with Crippen LogP contribution in [0.4, 0.5) is 0 Å². The molecule has 7 heteroatoms. The van der Waals surface area contributed by atoms with Crippen LogP contribution in [0.15, 0.2) is 33.9 Å². The molecule has 1 amide bonds. The number of nitrogens with zero attached hydrogens (tertiary/aromatic N) is 3. The molecule has 1 heterocycles. The monoisotopic (exact) mass is 380 g/mol. The van der Waals surface area contributed by atoms with Crippen LogP contribution in [0.2, 0.25) is 0 Å². The summed E-state index contributed by atoms with van der Waals surface area (Å²) in [6, 6.07) is 8.31. The summed E-state index contributed by atoms with van der Waals surface area (Å²) in [4.78, 5) is 12.0. The van der Waals surface area contributed by atoms with Crippen molar-refractivity contribution in [2.75, 3.05) is 0 Å². The first-order valence-corrected chi connectivity index (χ1v) is 8.84. The third kappa shape index (κ3) is 3.52. The highest BCUT2D eigenvalue weighted by molar-refractivity contribution is 9.10. The van der Waals surface area contributed by atoms with Crippen molar-refractivity contribution in [3.8, 4) is 11.4 Å². The lowest BCUT2D eigenvalue weighted by atomic mass is 10.2. The van der Waals surface area contributed by atoms with Crippen LogP contribution in [-0.4, -0.2) is 32.0 Å². The van der Waals surface area contributed by atoms with E-state index >= 15 is 0 Å². The zero-order chi connectivity index (χ0) is 15.7. The van der Waals surface area contributed by atoms with Crippen molar-refractivity contribution >= 4 is 33.6 Å². The van der Waals surface area contributed by atoms with Gasteiger partial charge in [0.2, 0.25) is 5.91 Å². The fraction of sp³-hybridized carbons (Fsp3) is 0.400. The maximum Gasteiger partial charge on any atom is 0.233 e. The molecule has 0 aliphatic heterocycles. The average Bonchev–Trinajstić information content (AvgIpc) is 3.23. The van der Waals surface area contributed by atoms with E-state index in [0.29, 0.717) is 6.04 Å². The van der Waals surface area contributed by atoms with Gasteiger partial charge in [0.15, 0.2) is 11.0 Å². The number of halogens is 1. The lowest BCUT2D eigenvalue weighted by Gasteiger charge is -2.11. The van der Waals surface area contributed by atoms with E-state index in [9.17, 15) is 4.79 Å². The van der Waals surface area contributed by atoms with Gasteiger partial charge in [0.25, 0.3) is 0 Å². The van der Waals surface area contributed by atoms with E-state index in [1.54, 1.807) is 0 Å². The lowest BCUT2D eigenvalue weighted by Crippen LogP contribution is -2.32. The summed E-state index contributed by atoms with van der Waals surface area (Å²) >= 11 is 4.90. The zero-order valence-electron chi connectivity index (χ0n) is 12.4. The molecule has 1 saturated carbocycles. The zero-order valence-corrected chi connectivity index (χ0v) is 14.8. The number of hydrogen-bond acceptors (Lipinski definition) is 4. The Morgan fingerprint density at radius 3 is 2.91 bits per heavy atom. The minimum atomic E-state index is -0.182. The van der Waals surface area contributed by atoms with Crippen molar-refractivity contribution in [2.24, 2.45) is 7.05 Å². The molecular formula is C15H17BrN4OS. The van der Waals surface area contributed by atoms with Crippen LogP contribution in [-0.2, 0) is 11.8 Å². The van der Waals surface area contributed by atoms with Gasteiger partial charge in [0.1, 0.15) is 0 Å². The predicted octanol–water partition coefficient (Wildman–Crippen LogP) is 3.00. The molecule has 0 radical (unpaired) electrons. The van der Waals surface area contributed by atoms with Gasteiger partial charge < -0.3 is 9.88 Å². The van der Waals surface area contributed by atoms with Crippen molar-refractivity contribution < 1.29 is 4.79 Å². The van der Waals surface area contributed by atoms with Gasteiger partial charge in [0, 0.05) is 23.1 Å². The van der Waals surface area contributed by atoms with E-state index in [1.165, 1.54) is 11.8 Å². The number of carbonyl (C=O) groups excluding carboxylic acids is 1. The third-order valence-corrected chi connectivity index (χ3v) is 5.12. The summed E-state index contributed by atoms with van der Waals surface area (Å²) in [6.45, 7) is 1.90. The van der Waals surface area contributed by atoms with Crippen LogP contribution < -0.4 is 5.32 Å². The van der Waals surface area contributed by atoms with Crippen molar-refractivity contribution in [1.29, 1.82) is 0 Å². The van der Waals surface area contributed by atoms with Gasteiger partial charge in [-0.2, -0.15) is 0 Å². The molecule has 0 unspecified atom stereocenters. The molecule has 2 aromatic rings. The second-order valence-corrected chi connectivity index (χ2v) is 7.64. The second kappa shape index (κ2) is 6.42. The molecule has 1 atom stereocenters. The van der Waals surface area contributed by atoms with Crippen LogP contribution in [0.25, 0.3) is 11.4 Å². The summed E-state index contributed by atoms with van der Waals surface area (Å²) in [5.74, 6) is 0.859. The molecule has 0 bridgehead atoms. The Morgan fingerprint density at radius 2 is 2.23 bits per heavy atom. The summed E-state index contributed by atoms with van der Waals surface area (Å²) in [5, 5.41) is 12.1. The molecule has 0 spiro atoms. The van der Waals surface area contributed by atoms with Crippen molar-refractivity contribution in [3.05, 3.63) is 28.7 Å². The van der Waals surface area contributed by atoms with E-state index in [2.05, 4.69) is 31.4 Å². The number of nitrogens with one attached hydrogen (secondary N) is 1. The highest BCUT2D eigenvalue weighted by Gasteiger charge is 2.27. The minimum absolute atomic E-state index is 0.0690. The van der Waals surface area contributed by atoms with Gasteiger partial charge >= 0.3 is 0 Å². The lowest BCUT2D eigenvalue weighted by molar-refractivity contribution is -0.120. The van der Waals surface area contributed by atoms with E-state index < -0.39 is 0 Å². The first kappa shape index (κ1) is 15.6. The normalized spacial score (nSPS) is 15.6. The fourth-order valence-corrected chi connectivity index (χ4v) is 3.28. The topological polar surface area (TPSA) is 59.8 Å². The molecule has 3 rings (SSSR count). The molecule has 22 heavy (non-hydrogen) atoms. The van der Waals surface area contributed by atoms with Gasteiger partial charge in [-0.3, -0.25) is 4.79 Å². The Balaban J connectivity index is 1.74. The smallest absolute Gasteiger partial charge is 0.233 e. The molecule has 1 aliphatic rings. The number of carbonyl (C=O) groups is 1. The van der Waals surface area contributed by atoms with E-state index in [0.717, 1.165) is 33.9 Å². The molecule has 5 nitrogen and oxygen atoms in total. The van der Waals surface area contributed by atoms with Crippen LogP contribution >= 0.6 is 27.7 Å². The maximum atomic E-state index is 12.0. The molecule has 1 aliphatic carbocycles. The molecule has 1 aromatic heterocycles. The number of hydrogen-bond donors (Lipinski definition) is 1. The molecule has 1 aromatic carbocycles. The van der Waals surface area contributed by atoms with Gasteiger partial charge in [-0.25, -0.2) is 0 Å². The highest BCUT2D eigenvalue weighted by atomic mass is 79.9. The molecule has 116 valence electrons. The van der Waals surface area contributed by atoms with Crippen molar-refractivity contribution in [1.82, 2.24) is 20.1 Å². The summed E-state index contributed by atoms with van der Waals surface area (Å²) in [5.41, 5.74) is 0.992. The van der Waals surface area contributed by atoms with Gasteiger partial charge in [-0.15, -0.1) is 10.2 Å². The molecule has 1 fully saturated rings. The quantitative estimate of drug-likeness (QED) is 0.809. The van der Waals surface area contributed by atoms with E-state index in [4.69, 9.17) is 0 Å². The van der Waals surface area contributed by atoms with Gasteiger partial charge in [-0.05, 0) is 31.9 Å². The van der Waals surface area contributed by atoms with Gasteiger partial charge in [0.05, 0.1) is 5.25 Å². The van der Waals surface area contributed by atoms with Crippen molar-refractivity contribution in [3.63, 3.8) is 0 Å². The number of amides is 1. The fourth-order valence-electron chi connectivity index (χ4n) is 2.05. The Morgan fingerprint density at radius 1 is 1.45 bits per heavy atom. The Bertz CT molecular complexity index is 699. The number of rotatable bonds is 5. The SMILES string of the molecule is C[C@H](Sc1nnc(-c2cccc(Br)c2)n1C)C(=O)NC1CC1. The standard InChI is InChI=1S/C15H17BrN4OS/c1-9(14(21)17-12-6-7-12)22-15-19-18-13(20(15)2)10-4-3-5-11(16)8-10/h3-5,8-9,12H,6-7H2,1-2H3,(H,17,21)/t9-/m0/s1. The van der Waals surface area contributed by atoms with E-state index in [-0.39, 0.29) is 11.2 Å². The summed E-state index contributed by atoms with van der Waals surface area (Å²) in [6.07, 6.45) is 2.19. The largest absolute Gasteiger partial charge is 0.352 e. The maximum absolute atomic E-state index is 12.0. The summed E-state index contributed by atoms with van der Waals surface area (Å²) in [7, 11) is 1.92. The molecule has 1 N–H and O–H groups in total. The average molecular weight is 381 g/mol. The van der Waals surface area contributed by atoms with Crippen LogP contribution in [0, 0.1) is 0 Å². The van der Waals surface area contributed by atoms with Crippen LogP contribution in [0.1, 0.15) is 19.8 Å². The van der Waals surface area contributed by atoms with Crippen molar-refractivity contribution in [2.45, 2.75) is 36.2 Å². The molecular weight excluding hydrogens is 364 g/mol. The first-order chi connectivity index (χ1) is 10.5. The number of thioether (sulfide) groups is 1. The highest BCUT2D eigenvalue weighted by Crippen LogP contribution is 2.27. The van der Waals surface area contributed by atoms with E-state index in [1.807, 2.05) is 42.8 Å². The first-order valence-electron chi connectivity index (χ1n) is 7.17. The van der Waals surface area contributed by atoms with Crippen LogP contribution in [0.5, 0.6) is 0 Å². The second-order valence-electron chi connectivity index (χ2n) is 5.42. The Labute approximate surface area is 142 Å². The predicted molar refractivity (Wildman–Crippen MR) is 90.6 cm³/mol. The Hall–Kier alpha value is -1.34. The third-order valence-electron chi connectivity index (χ3n) is 3.49. The van der Waals surface area contributed by atoms with Gasteiger partial charge in [-0.1, -0.05) is 39.8 Å².